The molecule has 2 aromatic rings. The van der Waals surface area contributed by atoms with Crippen LogP contribution in [0.1, 0.15) is 25.3 Å². The number of hydrogen-bond donors (Lipinski definition) is 1. The van der Waals surface area contributed by atoms with E-state index in [9.17, 15) is 9.59 Å². The molecular weight excluding hydrogens is 302 g/mol. The molecule has 1 N–H and O–H groups in total. The second-order valence-corrected chi connectivity index (χ2v) is 5.56. The van der Waals surface area contributed by atoms with E-state index in [1.165, 1.54) is 0 Å². The number of benzene rings is 2. The fraction of sp³-hybridized carbons (Fsp3) is 0.300. The highest BCUT2D eigenvalue weighted by Crippen LogP contribution is 2.19. The first kappa shape index (κ1) is 17.7. The van der Waals surface area contributed by atoms with E-state index in [1.807, 2.05) is 49.4 Å². The molecule has 2 rings (SSSR count). The van der Waals surface area contributed by atoms with Crippen molar-refractivity contribution < 1.29 is 14.3 Å². The number of carbonyl (C=O) groups is 2. The van der Waals surface area contributed by atoms with Crippen LogP contribution in [0.15, 0.2) is 54.6 Å². The van der Waals surface area contributed by atoms with E-state index in [0.717, 1.165) is 23.1 Å². The molecule has 0 spiro atoms. The number of ether oxygens (including phenoxy) is 1. The van der Waals surface area contributed by atoms with Gasteiger partial charge >= 0.3 is 5.97 Å². The van der Waals surface area contributed by atoms with Crippen molar-refractivity contribution in [2.24, 2.45) is 0 Å². The molecule has 0 aliphatic carbocycles. The standard InChI is InChI=1S/C20H23NO3/c1-2-6-19(22)21-13-14-24-20(23)15-16-9-11-18(12-10-16)17-7-4-3-5-8-17/h3-5,7-12H,2,6,13-15H2,1H3,(H,21,22). The monoisotopic (exact) mass is 325 g/mol. The zero-order valence-electron chi connectivity index (χ0n) is 14.0. The van der Waals surface area contributed by atoms with E-state index in [-0.39, 0.29) is 24.9 Å². The Labute approximate surface area is 142 Å². The van der Waals surface area contributed by atoms with Crippen LogP contribution in [0.5, 0.6) is 0 Å². The van der Waals surface area contributed by atoms with E-state index in [2.05, 4.69) is 17.4 Å². The Hall–Kier alpha value is -2.62. The van der Waals surface area contributed by atoms with E-state index in [1.54, 1.807) is 0 Å². The molecule has 0 unspecified atom stereocenters. The second-order valence-electron chi connectivity index (χ2n) is 5.56. The van der Waals surface area contributed by atoms with Crippen molar-refractivity contribution in [1.82, 2.24) is 5.32 Å². The first-order valence-electron chi connectivity index (χ1n) is 8.25. The third-order valence-corrected chi connectivity index (χ3v) is 3.57. The molecule has 0 radical (unpaired) electrons. The van der Waals surface area contributed by atoms with Crippen LogP contribution < -0.4 is 5.32 Å². The normalized spacial score (nSPS) is 10.2. The van der Waals surface area contributed by atoms with Gasteiger partial charge in [-0.05, 0) is 23.1 Å². The summed E-state index contributed by atoms with van der Waals surface area (Å²) in [6.07, 6.45) is 1.55. The molecule has 0 fully saturated rings. The summed E-state index contributed by atoms with van der Waals surface area (Å²) in [4.78, 5) is 23.1. The third-order valence-electron chi connectivity index (χ3n) is 3.57. The van der Waals surface area contributed by atoms with Crippen LogP contribution in [0.3, 0.4) is 0 Å². The van der Waals surface area contributed by atoms with Gasteiger partial charge in [0.05, 0.1) is 13.0 Å². The predicted octanol–water partition coefficient (Wildman–Crippen LogP) is 3.36. The summed E-state index contributed by atoms with van der Waals surface area (Å²) in [7, 11) is 0. The summed E-state index contributed by atoms with van der Waals surface area (Å²) < 4.78 is 5.14. The first-order chi connectivity index (χ1) is 11.7. The topological polar surface area (TPSA) is 55.4 Å². The molecule has 0 bridgehead atoms. The minimum atomic E-state index is -0.285. The summed E-state index contributed by atoms with van der Waals surface area (Å²) in [5.41, 5.74) is 3.18. The SMILES string of the molecule is CCCC(=O)NCCOC(=O)Cc1ccc(-c2ccccc2)cc1. The molecule has 0 aliphatic rings. The summed E-state index contributed by atoms with van der Waals surface area (Å²) >= 11 is 0. The number of nitrogens with one attached hydrogen (secondary N) is 1. The Morgan fingerprint density at radius 2 is 1.62 bits per heavy atom. The fourth-order valence-corrected chi connectivity index (χ4v) is 2.33. The lowest BCUT2D eigenvalue weighted by Gasteiger charge is -2.07. The van der Waals surface area contributed by atoms with Crippen LogP contribution in [0.4, 0.5) is 0 Å². The predicted molar refractivity (Wildman–Crippen MR) is 94.5 cm³/mol. The zero-order valence-corrected chi connectivity index (χ0v) is 14.0. The quantitative estimate of drug-likeness (QED) is 0.598. The van der Waals surface area contributed by atoms with Gasteiger partial charge in [0.15, 0.2) is 0 Å². The molecule has 2 aromatic carbocycles. The lowest BCUT2D eigenvalue weighted by Crippen LogP contribution is -2.27. The van der Waals surface area contributed by atoms with Crippen molar-refractivity contribution in [3.8, 4) is 11.1 Å². The Morgan fingerprint density at radius 1 is 0.958 bits per heavy atom. The molecule has 126 valence electrons. The molecule has 4 nitrogen and oxygen atoms in total. The first-order valence-corrected chi connectivity index (χ1v) is 8.25. The molecular formula is C20H23NO3. The van der Waals surface area contributed by atoms with Crippen LogP contribution in [0.25, 0.3) is 11.1 Å². The van der Waals surface area contributed by atoms with Gasteiger partial charge in [-0.3, -0.25) is 9.59 Å². The highest BCUT2D eigenvalue weighted by Gasteiger charge is 2.06. The molecule has 0 heterocycles. The number of esters is 1. The van der Waals surface area contributed by atoms with Crippen LogP contribution in [-0.4, -0.2) is 25.0 Å². The smallest absolute Gasteiger partial charge is 0.310 e. The molecule has 0 aliphatic heterocycles. The minimum absolute atomic E-state index is 0.00921. The minimum Gasteiger partial charge on any atom is -0.464 e. The molecule has 0 saturated carbocycles. The number of hydrogen-bond acceptors (Lipinski definition) is 3. The highest BCUT2D eigenvalue weighted by molar-refractivity contribution is 5.76. The van der Waals surface area contributed by atoms with Gasteiger partial charge < -0.3 is 10.1 Å². The average molecular weight is 325 g/mol. The fourth-order valence-electron chi connectivity index (χ4n) is 2.33. The van der Waals surface area contributed by atoms with Crippen molar-refractivity contribution in [1.29, 1.82) is 0 Å². The van der Waals surface area contributed by atoms with Gasteiger partial charge in [-0.15, -0.1) is 0 Å². The molecule has 0 aromatic heterocycles. The van der Waals surface area contributed by atoms with Gasteiger partial charge in [-0.1, -0.05) is 61.5 Å². The van der Waals surface area contributed by atoms with Gasteiger partial charge in [0, 0.05) is 6.42 Å². The van der Waals surface area contributed by atoms with Gasteiger partial charge in [-0.2, -0.15) is 0 Å². The van der Waals surface area contributed by atoms with E-state index < -0.39 is 0 Å². The lowest BCUT2D eigenvalue weighted by molar-refractivity contribution is -0.143. The Bertz CT molecular complexity index is 650. The van der Waals surface area contributed by atoms with Gasteiger partial charge in [0.1, 0.15) is 6.61 Å². The summed E-state index contributed by atoms with van der Waals surface area (Å²) in [6.45, 7) is 2.51. The average Bonchev–Trinajstić information content (AvgIpc) is 2.60. The van der Waals surface area contributed by atoms with Gasteiger partial charge in [0.25, 0.3) is 0 Å². The lowest BCUT2D eigenvalue weighted by atomic mass is 10.0. The van der Waals surface area contributed by atoms with E-state index in [4.69, 9.17) is 4.74 Å². The van der Waals surface area contributed by atoms with E-state index >= 15 is 0 Å². The summed E-state index contributed by atoms with van der Waals surface area (Å²) in [6, 6.07) is 18.0. The Balaban J connectivity index is 1.75. The zero-order chi connectivity index (χ0) is 17.2. The van der Waals surface area contributed by atoms with Gasteiger partial charge in [0.2, 0.25) is 5.91 Å². The van der Waals surface area contributed by atoms with Crippen LogP contribution >= 0.6 is 0 Å². The van der Waals surface area contributed by atoms with E-state index in [0.29, 0.717) is 13.0 Å². The maximum absolute atomic E-state index is 11.8. The Morgan fingerprint density at radius 3 is 2.29 bits per heavy atom. The molecule has 24 heavy (non-hydrogen) atoms. The summed E-state index contributed by atoms with van der Waals surface area (Å²) in [5.74, 6) is -0.294. The van der Waals surface area contributed by atoms with Crippen molar-refractivity contribution in [3.63, 3.8) is 0 Å². The summed E-state index contributed by atoms with van der Waals surface area (Å²) in [5, 5.41) is 2.71. The number of amides is 1. The van der Waals surface area contributed by atoms with Crippen molar-refractivity contribution in [2.45, 2.75) is 26.2 Å². The van der Waals surface area contributed by atoms with Crippen LogP contribution in [-0.2, 0) is 20.7 Å². The second kappa shape index (κ2) is 9.50. The maximum Gasteiger partial charge on any atom is 0.310 e. The van der Waals surface area contributed by atoms with Crippen molar-refractivity contribution >= 4 is 11.9 Å². The largest absolute Gasteiger partial charge is 0.464 e. The third kappa shape index (κ3) is 5.88. The Kier molecular flexibility index (Phi) is 7.02. The number of rotatable bonds is 8. The maximum atomic E-state index is 11.8. The molecule has 1 amide bonds. The van der Waals surface area contributed by atoms with Crippen LogP contribution in [0, 0.1) is 0 Å². The van der Waals surface area contributed by atoms with Gasteiger partial charge in [-0.25, -0.2) is 0 Å². The van der Waals surface area contributed by atoms with Crippen molar-refractivity contribution in [2.75, 3.05) is 13.2 Å². The van der Waals surface area contributed by atoms with Crippen molar-refractivity contribution in [3.05, 3.63) is 60.2 Å². The highest BCUT2D eigenvalue weighted by atomic mass is 16.5. The van der Waals surface area contributed by atoms with Crippen LogP contribution in [0.2, 0.25) is 0 Å². The number of carbonyl (C=O) groups excluding carboxylic acids is 2. The molecule has 4 heteroatoms. The molecule has 0 atom stereocenters. The molecule has 0 saturated heterocycles.